The van der Waals surface area contributed by atoms with E-state index in [0.29, 0.717) is 12.3 Å². The summed E-state index contributed by atoms with van der Waals surface area (Å²) in [7, 11) is 3.21. The number of methoxy groups -OCH3 is 2. The molecule has 5 heteroatoms. The molecule has 20 heavy (non-hydrogen) atoms. The standard InChI is InChI=1S/C15H15BrFNO2/c1-19-12-5-6-14(15(8-12)20-2)18-9-10-3-4-11(17)7-13(10)16/h3-8,18H,9H2,1-2H3. The minimum absolute atomic E-state index is 0.261. The molecular weight excluding hydrogens is 325 g/mol. The molecule has 0 aliphatic rings. The lowest BCUT2D eigenvalue weighted by molar-refractivity contribution is 0.395. The van der Waals surface area contributed by atoms with Crippen molar-refractivity contribution in [2.45, 2.75) is 6.54 Å². The fourth-order valence-electron chi connectivity index (χ4n) is 1.80. The minimum Gasteiger partial charge on any atom is -0.497 e. The Morgan fingerprint density at radius 3 is 2.55 bits per heavy atom. The molecule has 0 aliphatic carbocycles. The summed E-state index contributed by atoms with van der Waals surface area (Å²) in [4.78, 5) is 0. The van der Waals surface area contributed by atoms with Crippen molar-refractivity contribution in [3.63, 3.8) is 0 Å². The molecule has 0 heterocycles. The first-order chi connectivity index (χ1) is 9.63. The van der Waals surface area contributed by atoms with Crippen LogP contribution in [0.1, 0.15) is 5.56 Å². The fraction of sp³-hybridized carbons (Fsp3) is 0.200. The molecule has 0 radical (unpaired) electrons. The van der Waals surface area contributed by atoms with Crippen molar-refractivity contribution in [2.75, 3.05) is 19.5 Å². The Hall–Kier alpha value is -1.75. The third-order valence-electron chi connectivity index (χ3n) is 2.89. The van der Waals surface area contributed by atoms with Crippen LogP contribution in [-0.4, -0.2) is 14.2 Å². The number of hydrogen-bond acceptors (Lipinski definition) is 3. The van der Waals surface area contributed by atoms with E-state index in [2.05, 4.69) is 21.2 Å². The Morgan fingerprint density at radius 1 is 1.10 bits per heavy atom. The van der Waals surface area contributed by atoms with Crippen LogP contribution in [0.5, 0.6) is 11.5 Å². The summed E-state index contributed by atoms with van der Waals surface area (Å²) in [5.41, 5.74) is 1.81. The Morgan fingerprint density at radius 2 is 1.90 bits per heavy atom. The average molecular weight is 340 g/mol. The normalized spacial score (nSPS) is 10.2. The molecule has 106 valence electrons. The summed E-state index contributed by atoms with van der Waals surface area (Å²) in [5, 5.41) is 3.26. The van der Waals surface area contributed by atoms with Gasteiger partial charge in [0.05, 0.1) is 19.9 Å². The monoisotopic (exact) mass is 339 g/mol. The molecule has 3 nitrogen and oxygen atoms in total. The molecule has 0 saturated heterocycles. The van der Waals surface area contributed by atoms with Crippen molar-refractivity contribution in [2.24, 2.45) is 0 Å². The number of rotatable bonds is 5. The van der Waals surface area contributed by atoms with Crippen LogP contribution in [-0.2, 0) is 6.54 Å². The van der Waals surface area contributed by atoms with Crippen molar-refractivity contribution >= 4 is 21.6 Å². The van der Waals surface area contributed by atoms with Gasteiger partial charge < -0.3 is 14.8 Å². The first kappa shape index (κ1) is 14.7. The van der Waals surface area contributed by atoms with Gasteiger partial charge in [0.1, 0.15) is 17.3 Å². The molecule has 0 atom stereocenters. The maximum absolute atomic E-state index is 13.0. The van der Waals surface area contributed by atoms with E-state index < -0.39 is 0 Å². The van der Waals surface area contributed by atoms with E-state index in [0.717, 1.165) is 21.5 Å². The predicted molar refractivity (Wildman–Crippen MR) is 81.0 cm³/mol. The zero-order valence-corrected chi connectivity index (χ0v) is 12.8. The predicted octanol–water partition coefficient (Wildman–Crippen LogP) is 4.22. The molecule has 2 rings (SSSR count). The summed E-state index contributed by atoms with van der Waals surface area (Å²) in [5.74, 6) is 1.17. The largest absolute Gasteiger partial charge is 0.497 e. The lowest BCUT2D eigenvalue weighted by Crippen LogP contribution is -2.02. The van der Waals surface area contributed by atoms with Crippen LogP contribution in [0.4, 0.5) is 10.1 Å². The maximum Gasteiger partial charge on any atom is 0.145 e. The zero-order chi connectivity index (χ0) is 14.5. The van der Waals surface area contributed by atoms with Gasteiger partial charge in [-0.25, -0.2) is 4.39 Å². The van der Waals surface area contributed by atoms with Gasteiger partial charge in [-0.05, 0) is 29.8 Å². The van der Waals surface area contributed by atoms with E-state index in [4.69, 9.17) is 9.47 Å². The highest BCUT2D eigenvalue weighted by Gasteiger charge is 2.06. The highest BCUT2D eigenvalue weighted by Crippen LogP contribution is 2.30. The van der Waals surface area contributed by atoms with Crippen molar-refractivity contribution in [3.8, 4) is 11.5 Å². The summed E-state index contributed by atoms with van der Waals surface area (Å²) in [6.45, 7) is 0.559. The Kier molecular flexibility index (Phi) is 4.84. The first-order valence-corrected chi connectivity index (χ1v) is 6.83. The lowest BCUT2D eigenvalue weighted by Gasteiger charge is -2.13. The van der Waals surface area contributed by atoms with Crippen molar-refractivity contribution < 1.29 is 13.9 Å². The number of halogens is 2. The van der Waals surface area contributed by atoms with Gasteiger partial charge in [0.25, 0.3) is 0 Å². The van der Waals surface area contributed by atoms with Gasteiger partial charge in [0.15, 0.2) is 0 Å². The smallest absolute Gasteiger partial charge is 0.145 e. The van der Waals surface area contributed by atoms with E-state index in [1.807, 2.05) is 18.2 Å². The van der Waals surface area contributed by atoms with E-state index in [1.165, 1.54) is 12.1 Å². The van der Waals surface area contributed by atoms with Gasteiger partial charge in [-0.2, -0.15) is 0 Å². The van der Waals surface area contributed by atoms with E-state index >= 15 is 0 Å². The number of ether oxygens (including phenoxy) is 2. The highest BCUT2D eigenvalue weighted by atomic mass is 79.9. The Balaban J connectivity index is 2.14. The number of hydrogen-bond donors (Lipinski definition) is 1. The number of nitrogens with one attached hydrogen (secondary N) is 1. The van der Waals surface area contributed by atoms with E-state index in [9.17, 15) is 4.39 Å². The molecule has 0 aliphatic heterocycles. The summed E-state index contributed by atoms with van der Waals surface area (Å²) < 4.78 is 24.2. The van der Waals surface area contributed by atoms with Crippen molar-refractivity contribution in [1.82, 2.24) is 0 Å². The molecule has 2 aromatic rings. The zero-order valence-electron chi connectivity index (χ0n) is 11.2. The van der Waals surface area contributed by atoms with Crippen LogP contribution in [0.3, 0.4) is 0 Å². The molecule has 0 aromatic heterocycles. The quantitative estimate of drug-likeness (QED) is 0.884. The van der Waals surface area contributed by atoms with Crippen molar-refractivity contribution in [3.05, 3.63) is 52.3 Å². The fourth-order valence-corrected chi connectivity index (χ4v) is 2.29. The molecule has 2 aromatic carbocycles. The van der Waals surface area contributed by atoms with Gasteiger partial charge in [-0.3, -0.25) is 0 Å². The Labute approximate surface area is 125 Å². The second kappa shape index (κ2) is 6.61. The molecule has 0 amide bonds. The van der Waals surface area contributed by atoms with Gasteiger partial charge in [-0.15, -0.1) is 0 Å². The van der Waals surface area contributed by atoms with Crippen LogP contribution in [0.15, 0.2) is 40.9 Å². The van der Waals surface area contributed by atoms with Crippen LogP contribution in [0.2, 0.25) is 0 Å². The van der Waals surface area contributed by atoms with Crippen LogP contribution >= 0.6 is 15.9 Å². The third kappa shape index (κ3) is 3.42. The number of benzene rings is 2. The second-order valence-corrected chi connectivity index (χ2v) is 5.01. The second-order valence-electron chi connectivity index (χ2n) is 4.16. The first-order valence-electron chi connectivity index (χ1n) is 6.04. The molecule has 0 spiro atoms. The van der Waals surface area contributed by atoms with Gasteiger partial charge in [0.2, 0.25) is 0 Å². The van der Waals surface area contributed by atoms with Crippen LogP contribution < -0.4 is 14.8 Å². The molecule has 0 unspecified atom stereocenters. The topological polar surface area (TPSA) is 30.5 Å². The van der Waals surface area contributed by atoms with Crippen LogP contribution in [0.25, 0.3) is 0 Å². The number of anilines is 1. The lowest BCUT2D eigenvalue weighted by atomic mass is 10.2. The van der Waals surface area contributed by atoms with E-state index in [-0.39, 0.29) is 5.82 Å². The molecule has 0 fully saturated rings. The molecule has 1 N–H and O–H groups in total. The van der Waals surface area contributed by atoms with Crippen LogP contribution in [0, 0.1) is 5.82 Å². The summed E-state index contributed by atoms with van der Waals surface area (Å²) >= 11 is 3.35. The minimum atomic E-state index is -0.261. The molecular formula is C15H15BrFNO2. The third-order valence-corrected chi connectivity index (χ3v) is 3.63. The molecule has 0 saturated carbocycles. The molecule has 0 bridgehead atoms. The van der Waals surface area contributed by atoms with Crippen molar-refractivity contribution in [1.29, 1.82) is 0 Å². The van der Waals surface area contributed by atoms with Gasteiger partial charge >= 0.3 is 0 Å². The van der Waals surface area contributed by atoms with E-state index in [1.54, 1.807) is 20.3 Å². The summed E-state index contributed by atoms with van der Waals surface area (Å²) in [6, 6.07) is 10.2. The SMILES string of the molecule is COc1ccc(NCc2ccc(F)cc2Br)c(OC)c1. The maximum atomic E-state index is 13.0. The highest BCUT2D eigenvalue weighted by molar-refractivity contribution is 9.10. The summed E-state index contributed by atoms with van der Waals surface area (Å²) in [6.07, 6.45) is 0. The Bertz CT molecular complexity index is 604. The van der Waals surface area contributed by atoms with Gasteiger partial charge in [0, 0.05) is 17.1 Å². The van der Waals surface area contributed by atoms with Gasteiger partial charge in [-0.1, -0.05) is 22.0 Å². The average Bonchev–Trinajstić information content (AvgIpc) is 2.46.